The number of sulfonamides is 1. The maximum Gasteiger partial charge on any atom is 0.253 e. The number of amides is 1. The van der Waals surface area contributed by atoms with E-state index in [4.69, 9.17) is 0 Å². The Bertz CT molecular complexity index is 1130. The lowest BCUT2D eigenvalue weighted by atomic mass is 9.99. The van der Waals surface area contributed by atoms with E-state index in [0.29, 0.717) is 12.1 Å². The molecule has 2 aliphatic heterocycles. The summed E-state index contributed by atoms with van der Waals surface area (Å²) in [6, 6.07) is 13.3. The first-order valence-corrected chi connectivity index (χ1v) is 14.1. The minimum atomic E-state index is -3.63. The van der Waals surface area contributed by atoms with Crippen LogP contribution in [0.25, 0.3) is 0 Å². The average molecular weight is 499 g/mol. The van der Waals surface area contributed by atoms with E-state index in [9.17, 15) is 13.2 Å². The van der Waals surface area contributed by atoms with Gasteiger partial charge in [-0.15, -0.1) is 0 Å². The highest BCUT2D eigenvalue weighted by atomic mass is 32.2. The first-order valence-electron chi connectivity index (χ1n) is 12.6. The zero-order valence-electron chi connectivity index (χ0n) is 21.2. The number of carbonyl (C=O) groups is 1. The highest BCUT2D eigenvalue weighted by molar-refractivity contribution is 7.89. The minimum absolute atomic E-state index is 0.131. The summed E-state index contributed by atoms with van der Waals surface area (Å²) in [5.41, 5.74) is 3.51. The van der Waals surface area contributed by atoms with Crippen molar-refractivity contribution in [3.05, 3.63) is 59.2 Å². The van der Waals surface area contributed by atoms with E-state index in [-0.39, 0.29) is 10.8 Å². The third-order valence-electron chi connectivity index (χ3n) is 7.06. The van der Waals surface area contributed by atoms with Crippen LogP contribution in [0.3, 0.4) is 0 Å². The van der Waals surface area contributed by atoms with Crippen LogP contribution in [0, 0.1) is 5.92 Å². The molecule has 0 saturated carbocycles. The Kier molecular flexibility index (Phi) is 8.14. The molecule has 2 aliphatic rings. The molecule has 0 spiro atoms. The quantitative estimate of drug-likeness (QED) is 0.601. The number of hydrogen-bond acceptors (Lipinski definition) is 5. The minimum Gasteiger partial charge on any atom is -0.371 e. The monoisotopic (exact) mass is 498 g/mol. The van der Waals surface area contributed by atoms with Crippen LogP contribution in [0.2, 0.25) is 0 Å². The van der Waals surface area contributed by atoms with Crippen LogP contribution in [0.1, 0.15) is 54.1 Å². The predicted molar refractivity (Wildman–Crippen MR) is 140 cm³/mol. The Hall–Kier alpha value is -2.42. The number of nitrogens with zero attached hydrogens (tertiary/aromatic N) is 3. The fourth-order valence-electron chi connectivity index (χ4n) is 5.03. The van der Waals surface area contributed by atoms with Crippen LogP contribution < -0.4 is 10.2 Å². The summed E-state index contributed by atoms with van der Waals surface area (Å²) in [5, 5.41) is 3.01. The molecule has 0 aromatic heterocycles. The van der Waals surface area contributed by atoms with E-state index in [0.717, 1.165) is 62.7 Å². The summed E-state index contributed by atoms with van der Waals surface area (Å²) in [6.45, 7) is 7.73. The van der Waals surface area contributed by atoms with E-state index >= 15 is 0 Å². The molecular weight excluding hydrogens is 460 g/mol. The second-order valence-corrected chi connectivity index (χ2v) is 12.3. The Morgan fingerprint density at radius 3 is 2.34 bits per heavy atom. The molecule has 0 radical (unpaired) electrons. The lowest BCUT2D eigenvalue weighted by molar-refractivity contribution is 0.0951. The second-order valence-electron chi connectivity index (χ2n) is 10.1. The topological polar surface area (TPSA) is 73.0 Å². The summed E-state index contributed by atoms with van der Waals surface area (Å²) < 4.78 is 26.5. The molecule has 1 unspecified atom stereocenters. The van der Waals surface area contributed by atoms with Crippen molar-refractivity contribution in [1.29, 1.82) is 0 Å². The number of nitrogens with one attached hydrogen (secondary N) is 1. The summed E-state index contributed by atoms with van der Waals surface area (Å²) in [6.07, 6.45) is 4.73. The molecule has 0 bridgehead atoms. The van der Waals surface area contributed by atoms with Crippen molar-refractivity contribution in [3.8, 4) is 0 Å². The number of rotatable bonds is 8. The molecular formula is C27H38N4O3S. The van der Waals surface area contributed by atoms with E-state index in [2.05, 4.69) is 46.3 Å². The van der Waals surface area contributed by atoms with Gasteiger partial charge in [0.05, 0.1) is 10.5 Å². The number of likely N-dealkylation sites (tertiary alicyclic amines) is 1. The molecule has 8 heteroatoms. The smallest absolute Gasteiger partial charge is 0.253 e. The molecule has 7 nitrogen and oxygen atoms in total. The summed E-state index contributed by atoms with van der Waals surface area (Å²) in [4.78, 5) is 18.1. The highest BCUT2D eigenvalue weighted by Crippen LogP contribution is 2.28. The lowest BCUT2D eigenvalue weighted by Crippen LogP contribution is -2.33. The number of piperidine rings is 1. The molecule has 2 aromatic carbocycles. The molecule has 2 saturated heterocycles. The standard InChI is InChI=1S/C27H38N4O3S/c1-21-7-6-14-30(19-21)20-23-10-8-22(9-11-23)18-28-27(32)25-17-24(35(33,34)29(2)3)12-13-26(25)31-15-4-5-16-31/h8-13,17,21H,4-7,14-16,18-20H2,1-3H3,(H,28,32). The van der Waals surface area contributed by atoms with E-state index in [1.54, 1.807) is 12.1 Å². The highest BCUT2D eigenvalue weighted by Gasteiger charge is 2.24. The zero-order valence-corrected chi connectivity index (χ0v) is 22.0. The first kappa shape index (κ1) is 25.7. The van der Waals surface area contributed by atoms with E-state index in [1.807, 2.05) is 0 Å². The third kappa shape index (κ3) is 6.23. The van der Waals surface area contributed by atoms with Gasteiger partial charge in [0.25, 0.3) is 5.91 Å². The molecule has 190 valence electrons. The van der Waals surface area contributed by atoms with Crippen LogP contribution >= 0.6 is 0 Å². The Morgan fingerprint density at radius 1 is 1.00 bits per heavy atom. The first-order chi connectivity index (χ1) is 16.7. The fraction of sp³-hybridized carbons (Fsp3) is 0.519. The van der Waals surface area contributed by atoms with Crippen LogP contribution in [-0.2, 0) is 23.1 Å². The van der Waals surface area contributed by atoms with Crippen LogP contribution in [0.15, 0.2) is 47.4 Å². The zero-order chi connectivity index (χ0) is 25.0. The molecule has 0 aliphatic carbocycles. The molecule has 2 fully saturated rings. The second kappa shape index (κ2) is 11.1. The Labute approximate surface area is 210 Å². The van der Waals surface area contributed by atoms with Crippen molar-refractivity contribution in [1.82, 2.24) is 14.5 Å². The Balaban J connectivity index is 1.45. The SMILES string of the molecule is CC1CCCN(Cc2ccc(CNC(=O)c3cc(S(=O)(=O)N(C)C)ccc3N3CCCC3)cc2)C1. The van der Waals surface area contributed by atoms with E-state index in [1.165, 1.54) is 42.9 Å². The van der Waals surface area contributed by atoms with Crippen LogP contribution in [0.5, 0.6) is 0 Å². The normalized spacial score (nSPS) is 19.3. The number of benzene rings is 2. The van der Waals surface area contributed by atoms with Gasteiger partial charge in [-0.1, -0.05) is 31.2 Å². The fourth-order valence-corrected chi connectivity index (χ4v) is 5.96. The van der Waals surface area contributed by atoms with Crippen LogP contribution in [-0.4, -0.2) is 63.8 Å². The van der Waals surface area contributed by atoms with Gasteiger partial charge in [-0.25, -0.2) is 12.7 Å². The molecule has 2 heterocycles. The molecule has 35 heavy (non-hydrogen) atoms. The molecule has 2 aromatic rings. The summed E-state index contributed by atoms with van der Waals surface area (Å²) in [7, 11) is -0.632. The maximum atomic E-state index is 13.3. The molecule has 1 atom stereocenters. The summed E-state index contributed by atoms with van der Waals surface area (Å²) in [5.74, 6) is 0.504. The number of anilines is 1. The van der Waals surface area contributed by atoms with Crippen molar-refractivity contribution in [2.45, 2.75) is 50.6 Å². The summed E-state index contributed by atoms with van der Waals surface area (Å²) >= 11 is 0. The van der Waals surface area contributed by atoms with E-state index < -0.39 is 10.0 Å². The van der Waals surface area contributed by atoms with Crippen molar-refractivity contribution in [2.24, 2.45) is 5.92 Å². The van der Waals surface area contributed by atoms with Gasteiger partial charge in [0.15, 0.2) is 0 Å². The van der Waals surface area contributed by atoms with Gasteiger partial charge in [-0.3, -0.25) is 9.69 Å². The average Bonchev–Trinajstić information content (AvgIpc) is 3.38. The molecule has 1 amide bonds. The lowest BCUT2D eigenvalue weighted by Gasteiger charge is -2.30. The molecule has 1 N–H and O–H groups in total. The maximum absolute atomic E-state index is 13.3. The van der Waals surface area contributed by atoms with Gasteiger partial charge < -0.3 is 10.2 Å². The van der Waals surface area contributed by atoms with Crippen molar-refractivity contribution >= 4 is 21.6 Å². The molecule has 4 rings (SSSR count). The van der Waals surface area contributed by atoms with Gasteiger partial charge in [0.2, 0.25) is 10.0 Å². The number of hydrogen-bond donors (Lipinski definition) is 1. The number of carbonyl (C=O) groups excluding carboxylic acids is 1. The van der Waals surface area contributed by atoms with Crippen molar-refractivity contribution < 1.29 is 13.2 Å². The predicted octanol–water partition coefficient (Wildman–Crippen LogP) is 3.70. The van der Waals surface area contributed by atoms with Gasteiger partial charge in [-0.2, -0.15) is 0 Å². The Morgan fingerprint density at radius 2 is 1.69 bits per heavy atom. The van der Waals surface area contributed by atoms with Crippen LogP contribution in [0.4, 0.5) is 5.69 Å². The van der Waals surface area contributed by atoms with Gasteiger partial charge in [0.1, 0.15) is 0 Å². The van der Waals surface area contributed by atoms with Gasteiger partial charge in [-0.05, 0) is 67.5 Å². The van der Waals surface area contributed by atoms with Crippen molar-refractivity contribution in [2.75, 3.05) is 45.2 Å². The third-order valence-corrected chi connectivity index (χ3v) is 8.87. The van der Waals surface area contributed by atoms with Gasteiger partial charge >= 0.3 is 0 Å². The largest absolute Gasteiger partial charge is 0.371 e. The van der Waals surface area contributed by atoms with Crippen molar-refractivity contribution in [3.63, 3.8) is 0 Å². The van der Waals surface area contributed by atoms with Gasteiger partial charge in [0, 0.05) is 52.5 Å².